The van der Waals surface area contributed by atoms with Crippen molar-refractivity contribution in [1.82, 2.24) is 19.9 Å². The molecular formula is C15H20BrN7. The molecule has 1 aliphatic heterocycles. The van der Waals surface area contributed by atoms with Crippen LogP contribution in [-0.4, -0.2) is 53.2 Å². The summed E-state index contributed by atoms with van der Waals surface area (Å²) in [6.45, 7) is 1.82. The van der Waals surface area contributed by atoms with E-state index >= 15 is 0 Å². The van der Waals surface area contributed by atoms with Gasteiger partial charge in [-0.25, -0.2) is 15.0 Å². The summed E-state index contributed by atoms with van der Waals surface area (Å²) in [5, 5.41) is 3.43. The van der Waals surface area contributed by atoms with E-state index in [0.29, 0.717) is 5.95 Å². The molecule has 1 saturated heterocycles. The molecule has 2 aromatic rings. The number of piperidine rings is 1. The number of halogens is 1. The van der Waals surface area contributed by atoms with Crippen molar-refractivity contribution in [2.75, 3.05) is 42.3 Å². The van der Waals surface area contributed by atoms with E-state index < -0.39 is 0 Å². The van der Waals surface area contributed by atoms with E-state index in [4.69, 9.17) is 0 Å². The Bertz CT molecular complexity index is 647. The third kappa shape index (κ3) is 4.07. The van der Waals surface area contributed by atoms with Crippen LogP contribution in [0.15, 0.2) is 29.1 Å². The first-order valence-corrected chi connectivity index (χ1v) is 8.40. The Balaban J connectivity index is 1.67. The average molecular weight is 378 g/mol. The van der Waals surface area contributed by atoms with E-state index in [0.717, 1.165) is 42.2 Å². The molecule has 1 N–H and O–H groups in total. The van der Waals surface area contributed by atoms with Crippen molar-refractivity contribution in [3.63, 3.8) is 0 Å². The first-order valence-electron chi connectivity index (χ1n) is 7.61. The van der Waals surface area contributed by atoms with Crippen molar-refractivity contribution in [1.29, 1.82) is 0 Å². The average Bonchev–Trinajstić information content (AvgIpc) is 2.56. The van der Waals surface area contributed by atoms with Crippen LogP contribution in [0, 0.1) is 0 Å². The lowest BCUT2D eigenvalue weighted by molar-refractivity contribution is 0.520. The van der Waals surface area contributed by atoms with Crippen molar-refractivity contribution in [3.8, 4) is 0 Å². The van der Waals surface area contributed by atoms with E-state index in [1.54, 1.807) is 18.6 Å². The molecule has 1 aliphatic rings. The van der Waals surface area contributed by atoms with Crippen LogP contribution in [0.1, 0.15) is 12.8 Å². The Morgan fingerprint density at radius 2 is 2.04 bits per heavy atom. The molecule has 0 radical (unpaired) electrons. The molecule has 1 fully saturated rings. The number of aromatic nitrogens is 4. The topological polar surface area (TPSA) is 70.1 Å². The lowest BCUT2D eigenvalue weighted by Gasteiger charge is -2.33. The minimum absolute atomic E-state index is 0.286. The largest absolute Gasteiger partial charge is 0.363 e. The third-order valence-corrected chi connectivity index (χ3v) is 4.15. The van der Waals surface area contributed by atoms with Crippen LogP contribution in [-0.2, 0) is 0 Å². The van der Waals surface area contributed by atoms with E-state index in [-0.39, 0.29) is 6.04 Å². The maximum Gasteiger partial charge on any atom is 0.225 e. The second-order valence-corrected chi connectivity index (χ2v) is 6.68. The zero-order valence-electron chi connectivity index (χ0n) is 13.3. The van der Waals surface area contributed by atoms with Crippen LogP contribution in [0.4, 0.5) is 17.7 Å². The molecular weight excluding hydrogens is 358 g/mol. The minimum Gasteiger partial charge on any atom is -0.363 e. The lowest BCUT2D eigenvalue weighted by atomic mass is 10.1. The van der Waals surface area contributed by atoms with Gasteiger partial charge in [-0.05, 0) is 34.8 Å². The number of hydrogen-bond donors (Lipinski definition) is 1. The van der Waals surface area contributed by atoms with Gasteiger partial charge in [0.05, 0.1) is 4.47 Å². The van der Waals surface area contributed by atoms with Crippen LogP contribution in [0.2, 0.25) is 0 Å². The van der Waals surface area contributed by atoms with E-state index in [1.807, 2.05) is 25.1 Å². The smallest absolute Gasteiger partial charge is 0.225 e. The number of rotatable bonds is 4. The summed E-state index contributed by atoms with van der Waals surface area (Å²) < 4.78 is 0.891. The molecule has 122 valence electrons. The molecule has 1 unspecified atom stereocenters. The predicted octanol–water partition coefficient (Wildman–Crippen LogP) is 2.18. The number of nitrogens with zero attached hydrogens (tertiary/aromatic N) is 6. The van der Waals surface area contributed by atoms with Gasteiger partial charge >= 0.3 is 0 Å². The number of nitrogens with one attached hydrogen (secondary N) is 1. The fourth-order valence-corrected chi connectivity index (χ4v) is 2.80. The third-order valence-electron chi connectivity index (χ3n) is 3.74. The van der Waals surface area contributed by atoms with Crippen LogP contribution in [0.3, 0.4) is 0 Å². The molecule has 1 atom stereocenters. The van der Waals surface area contributed by atoms with Gasteiger partial charge in [0.15, 0.2) is 0 Å². The highest BCUT2D eigenvalue weighted by Gasteiger charge is 2.22. The van der Waals surface area contributed by atoms with Crippen LogP contribution in [0.5, 0.6) is 0 Å². The van der Waals surface area contributed by atoms with Gasteiger partial charge in [-0.1, -0.05) is 0 Å². The molecule has 0 aromatic carbocycles. The van der Waals surface area contributed by atoms with E-state index in [9.17, 15) is 0 Å². The molecule has 23 heavy (non-hydrogen) atoms. The molecule has 0 saturated carbocycles. The molecule has 3 heterocycles. The summed E-state index contributed by atoms with van der Waals surface area (Å²) in [6, 6.07) is 2.18. The summed E-state index contributed by atoms with van der Waals surface area (Å²) >= 11 is 3.37. The summed E-state index contributed by atoms with van der Waals surface area (Å²) in [5.41, 5.74) is 0. The second-order valence-electron chi connectivity index (χ2n) is 5.76. The molecule has 8 heteroatoms. The highest BCUT2D eigenvalue weighted by Crippen LogP contribution is 2.19. The first-order chi connectivity index (χ1) is 11.1. The lowest BCUT2D eigenvalue weighted by Crippen LogP contribution is -2.43. The van der Waals surface area contributed by atoms with Gasteiger partial charge in [0.1, 0.15) is 5.82 Å². The standard InChI is InChI=1S/C15H20BrN7/c1-22(2)13-5-6-17-14(21-13)20-12-4-3-7-23(10-12)15-18-8-11(16)9-19-15/h5-6,8-9,12H,3-4,7,10H2,1-2H3,(H,17,20,21). The minimum atomic E-state index is 0.286. The predicted molar refractivity (Wildman–Crippen MR) is 94.9 cm³/mol. The van der Waals surface area contributed by atoms with Crippen LogP contribution >= 0.6 is 15.9 Å². The summed E-state index contributed by atoms with van der Waals surface area (Å²) in [4.78, 5) is 21.8. The number of hydrogen-bond acceptors (Lipinski definition) is 7. The Labute approximate surface area is 144 Å². The van der Waals surface area contributed by atoms with Crippen molar-refractivity contribution in [2.24, 2.45) is 0 Å². The quantitative estimate of drug-likeness (QED) is 0.875. The molecule has 2 aromatic heterocycles. The molecule has 7 nitrogen and oxygen atoms in total. The summed E-state index contributed by atoms with van der Waals surface area (Å²) in [6.07, 6.45) is 7.52. The summed E-state index contributed by atoms with van der Waals surface area (Å²) in [7, 11) is 3.94. The molecule has 0 spiro atoms. The zero-order chi connectivity index (χ0) is 16.2. The highest BCUT2D eigenvalue weighted by atomic mass is 79.9. The molecule has 3 rings (SSSR count). The Morgan fingerprint density at radius 1 is 1.26 bits per heavy atom. The second kappa shape index (κ2) is 7.08. The van der Waals surface area contributed by atoms with Crippen molar-refractivity contribution < 1.29 is 0 Å². The van der Waals surface area contributed by atoms with E-state index in [2.05, 4.69) is 46.1 Å². The first kappa shape index (κ1) is 15.9. The van der Waals surface area contributed by atoms with Crippen LogP contribution < -0.4 is 15.1 Å². The Hall–Kier alpha value is -1.96. The van der Waals surface area contributed by atoms with Crippen molar-refractivity contribution >= 4 is 33.6 Å². The van der Waals surface area contributed by atoms with Gasteiger partial charge in [-0.3, -0.25) is 0 Å². The monoisotopic (exact) mass is 377 g/mol. The van der Waals surface area contributed by atoms with Crippen molar-refractivity contribution in [2.45, 2.75) is 18.9 Å². The fourth-order valence-electron chi connectivity index (χ4n) is 2.60. The number of anilines is 3. The van der Waals surface area contributed by atoms with Crippen molar-refractivity contribution in [3.05, 3.63) is 29.1 Å². The van der Waals surface area contributed by atoms with Gasteiger partial charge in [0.2, 0.25) is 11.9 Å². The van der Waals surface area contributed by atoms with Gasteiger partial charge in [-0.2, -0.15) is 4.98 Å². The highest BCUT2D eigenvalue weighted by molar-refractivity contribution is 9.10. The maximum atomic E-state index is 4.52. The summed E-state index contributed by atoms with van der Waals surface area (Å²) in [5.74, 6) is 2.33. The normalized spacial score (nSPS) is 17.9. The van der Waals surface area contributed by atoms with Gasteiger partial charge in [0.25, 0.3) is 0 Å². The molecule has 0 aliphatic carbocycles. The van der Waals surface area contributed by atoms with Crippen LogP contribution in [0.25, 0.3) is 0 Å². The Morgan fingerprint density at radius 3 is 2.78 bits per heavy atom. The maximum absolute atomic E-state index is 4.52. The van der Waals surface area contributed by atoms with Gasteiger partial charge < -0.3 is 15.1 Å². The van der Waals surface area contributed by atoms with E-state index in [1.165, 1.54) is 0 Å². The van der Waals surface area contributed by atoms with Gasteiger partial charge in [0, 0.05) is 51.8 Å². The Kier molecular flexibility index (Phi) is 4.90. The fraction of sp³-hybridized carbons (Fsp3) is 0.467. The molecule has 0 amide bonds. The SMILES string of the molecule is CN(C)c1ccnc(NC2CCCN(c3ncc(Br)cn3)C2)n1. The van der Waals surface area contributed by atoms with Gasteiger partial charge in [-0.15, -0.1) is 0 Å². The molecule has 0 bridgehead atoms. The zero-order valence-corrected chi connectivity index (χ0v) is 14.9.